The van der Waals surface area contributed by atoms with Crippen LogP contribution in [0.25, 0.3) is 11.0 Å². The molecule has 0 bridgehead atoms. The predicted molar refractivity (Wildman–Crippen MR) is 90.2 cm³/mol. The second-order valence-electron chi connectivity index (χ2n) is 5.95. The molecule has 0 saturated carbocycles. The van der Waals surface area contributed by atoms with Gasteiger partial charge in [0.05, 0.1) is 5.69 Å². The molecule has 26 heavy (non-hydrogen) atoms. The number of hydrogen-bond acceptors (Lipinski definition) is 3. The van der Waals surface area contributed by atoms with Gasteiger partial charge in [-0.2, -0.15) is 18.3 Å². The first-order valence-electron chi connectivity index (χ1n) is 7.64. The quantitative estimate of drug-likeness (QED) is 0.723. The largest absolute Gasteiger partial charge is 0.451 e. The van der Waals surface area contributed by atoms with Crippen LogP contribution in [0.5, 0.6) is 0 Å². The van der Waals surface area contributed by atoms with Crippen LogP contribution < -0.4 is 5.32 Å². The molecule has 3 rings (SSSR count). The van der Waals surface area contributed by atoms with Gasteiger partial charge in [0, 0.05) is 28.7 Å². The summed E-state index contributed by atoms with van der Waals surface area (Å²) in [6.45, 7) is 2.99. The van der Waals surface area contributed by atoms with Crippen molar-refractivity contribution in [1.29, 1.82) is 0 Å². The van der Waals surface area contributed by atoms with Gasteiger partial charge in [-0.15, -0.1) is 0 Å². The maximum absolute atomic E-state index is 13.6. The third-order valence-corrected chi connectivity index (χ3v) is 4.39. The summed E-state index contributed by atoms with van der Waals surface area (Å²) in [5.74, 6) is -1.20. The lowest BCUT2D eigenvalue weighted by molar-refractivity contribution is -0.155. The minimum Gasteiger partial charge on any atom is -0.451 e. The molecule has 0 aliphatic rings. The lowest BCUT2D eigenvalue weighted by Gasteiger charge is -2.22. The fraction of sp³-hybridized carbons (Fsp3) is 0.294. The first-order valence-corrected chi connectivity index (χ1v) is 8.02. The number of aromatic nitrogens is 2. The Hall–Kier alpha value is -2.48. The van der Waals surface area contributed by atoms with Crippen LogP contribution in [0, 0.1) is 13.8 Å². The molecule has 0 saturated heterocycles. The number of furan rings is 1. The van der Waals surface area contributed by atoms with E-state index in [4.69, 9.17) is 16.0 Å². The minimum absolute atomic E-state index is 0.0764. The molecule has 2 heterocycles. The van der Waals surface area contributed by atoms with E-state index in [1.807, 2.05) is 5.32 Å². The molecule has 1 aromatic carbocycles. The Labute approximate surface area is 151 Å². The minimum atomic E-state index is -4.69. The zero-order valence-corrected chi connectivity index (χ0v) is 14.9. The number of carbonyl (C=O) groups excluding carboxylic acids is 1. The van der Waals surface area contributed by atoms with Crippen LogP contribution in [0.4, 0.5) is 13.2 Å². The molecule has 0 radical (unpaired) electrons. The topological polar surface area (TPSA) is 60.1 Å². The Morgan fingerprint density at radius 1 is 1.31 bits per heavy atom. The summed E-state index contributed by atoms with van der Waals surface area (Å²) in [4.78, 5) is 12.4. The summed E-state index contributed by atoms with van der Waals surface area (Å²) in [7, 11) is 1.55. The molecule has 1 amide bonds. The lowest BCUT2D eigenvalue weighted by atomic mass is 10.0. The standard InChI is InChI=1S/C17H15ClF3N3O2/c1-8-14(9(2)24(3)23-8)15(17(19,20)21)22-16(25)13-7-10-6-11(18)4-5-12(10)26-13/h4-7,15H,1-3H3,(H,22,25). The zero-order valence-electron chi connectivity index (χ0n) is 14.1. The van der Waals surface area contributed by atoms with Crippen molar-refractivity contribution in [2.24, 2.45) is 7.05 Å². The van der Waals surface area contributed by atoms with Crippen LogP contribution in [0.3, 0.4) is 0 Å². The summed E-state index contributed by atoms with van der Waals surface area (Å²) in [5, 5.41) is 6.97. The van der Waals surface area contributed by atoms with E-state index in [0.717, 1.165) is 0 Å². The van der Waals surface area contributed by atoms with E-state index in [2.05, 4.69) is 5.10 Å². The van der Waals surface area contributed by atoms with Gasteiger partial charge < -0.3 is 9.73 Å². The maximum Gasteiger partial charge on any atom is 0.413 e. The molecule has 0 spiro atoms. The van der Waals surface area contributed by atoms with Gasteiger partial charge in [0.15, 0.2) is 11.8 Å². The summed E-state index contributed by atoms with van der Waals surface area (Å²) in [6, 6.07) is 3.84. The van der Waals surface area contributed by atoms with Gasteiger partial charge >= 0.3 is 6.18 Å². The normalized spacial score (nSPS) is 13.2. The molecule has 0 aliphatic heterocycles. The second kappa shape index (κ2) is 6.35. The van der Waals surface area contributed by atoms with Crippen LogP contribution in [0.15, 0.2) is 28.7 Å². The van der Waals surface area contributed by atoms with Crippen molar-refractivity contribution in [2.45, 2.75) is 26.1 Å². The summed E-state index contributed by atoms with van der Waals surface area (Å²) >= 11 is 5.87. The number of benzene rings is 1. The van der Waals surface area contributed by atoms with E-state index >= 15 is 0 Å². The Balaban J connectivity index is 1.97. The van der Waals surface area contributed by atoms with Crippen LogP contribution in [0.1, 0.15) is 33.5 Å². The molecule has 3 aromatic rings. The first kappa shape index (κ1) is 18.3. The fourth-order valence-electron chi connectivity index (χ4n) is 2.85. The molecule has 1 unspecified atom stereocenters. The van der Waals surface area contributed by atoms with E-state index in [9.17, 15) is 18.0 Å². The molecule has 2 aromatic heterocycles. The van der Waals surface area contributed by atoms with Gasteiger partial charge in [0.25, 0.3) is 5.91 Å². The second-order valence-corrected chi connectivity index (χ2v) is 6.39. The summed E-state index contributed by atoms with van der Waals surface area (Å²) < 4.78 is 47.5. The van der Waals surface area contributed by atoms with Crippen LogP contribution in [0.2, 0.25) is 5.02 Å². The van der Waals surface area contributed by atoms with Crippen molar-refractivity contribution in [1.82, 2.24) is 15.1 Å². The van der Waals surface area contributed by atoms with E-state index in [1.165, 1.54) is 24.6 Å². The van der Waals surface area contributed by atoms with Gasteiger partial charge in [0.1, 0.15) is 5.58 Å². The molecule has 1 N–H and O–H groups in total. The summed E-state index contributed by atoms with van der Waals surface area (Å²) in [6.07, 6.45) is -4.69. The highest BCUT2D eigenvalue weighted by atomic mass is 35.5. The lowest BCUT2D eigenvalue weighted by Crippen LogP contribution is -2.38. The maximum atomic E-state index is 13.6. The molecule has 138 valence electrons. The monoisotopic (exact) mass is 385 g/mol. The fourth-order valence-corrected chi connectivity index (χ4v) is 3.03. The number of fused-ring (bicyclic) bond motifs is 1. The van der Waals surface area contributed by atoms with E-state index < -0.39 is 18.1 Å². The Bertz CT molecular complexity index is 991. The predicted octanol–water partition coefficient (Wildman–Crippen LogP) is 4.47. The van der Waals surface area contributed by atoms with Crippen LogP contribution >= 0.6 is 11.6 Å². The van der Waals surface area contributed by atoms with Crippen molar-refractivity contribution in [3.8, 4) is 0 Å². The third kappa shape index (κ3) is 3.29. The number of nitrogens with one attached hydrogen (secondary N) is 1. The van der Waals surface area contributed by atoms with E-state index in [0.29, 0.717) is 21.7 Å². The van der Waals surface area contributed by atoms with Gasteiger partial charge in [-0.05, 0) is 38.1 Å². The Morgan fingerprint density at radius 2 is 2.00 bits per heavy atom. The number of nitrogens with zero attached hydrogens (tertiary/aromatic N) is 2. The van der Waals surface area contributed by atoms with Crippen LogP contribution in [-0.4, -0.2) is 21.9 Å². The Kier molecular flexibility index (Phi) is 4.47. The number of hydrogen-bond donors (Lipinski definition) is 1. The number of rotatable bonds is 3. The highest BCUT2D eigenvalue weighted by molar-refractivity contribution is 6.31. The average Bonchev–Trinajstić information content (AvgIpc) is 3.05. The third-order valence-electron chi connectivity index (χ3n) is 4.16. The first-order chi connectivity index (χ1) is 12.1. The number of carbonyl (C=O) groups is 1. The number of aryl methyl sites for hydroxylation is 2. The number of halogens is 4. The SMILES string of the molecule is Cc1nn(C)c(C)c1C(NC(=O)c1cc2cc(Cl)ccc2o1)C(F)(F)F. The molecular weight excluding hydrogens is 371 g/mol. The van der Waals surface area contributed by atoms with Crippen molar-refractivity contribution >= 4 is 28.5 Å². The molecule has 0 fully saturated rings. The highest BCUT2D eigenvalue weighted by Crippen LogP contribution is 2.36. The highest BCUT2D eigenvalue weighted by Gasteiger charge is 2.45. The summed E-state index contributed by atoms with van der Waals surface area (Å²) in [5.41, 5.74) is 0.801. The van der Waals surface area contributed by atoms with Crippen molar-refractivity contribution in [3.63, 3.8) is 0 Å². The molecule has 0 aliphatic carbocycles. The van der Waals surface area contributed by atoms with E-state index in [1.54, 1.807) is 25.2 Å². The number of amides is 1. The zero-order chi connectivity index (χ0) is 19.2. The Morgan fingerprint density at radius 3 is 2.58 bits per heavy atom. The number of alkyl halides is 3. The molecular formula is C17H15ClF3N3O2. The van der Waals surface area contributed by atoms with Gasteiger partial charge in [-0.25, -0.2) is 0 Å². The smallest absolute Gasteiger partial charge is 0.413 e. The molecule has 5 nitrogen and oxygen atoms in total. The van der Waals surface area contributed by atoms with Crippen molar-refractivity contribution in [2.75, 3.05) is 0 Å². The van der Waals surface area contributed by atoms with Crippen molar-refractivity contribution < 1.29 is 22.4 Å². The van der Waals surface area contributed by atoms with Crippen molar-refractivity contribution in [3.05, 3.63) is 52.0 Å². The average molecular weight is 386 g/mol. The van der Waals surface area contributed by atoms with E-state index in [-0.39, 0.29) is 17.0 Å². The van der Waals surface area contributed by atoms with Gasteiger partial charge in [-0.1, -0.05) is 11.6 Å². The molecule has 9 heteroatoms. The van der Waals surface area contributed by atoms with Gasteiger partial charge in [0.2, 0.25) is 0 Å². The molecule has 1 atom stereocenters. The van der Waals surface area contributed by atoms with Gasteiger partial charge in [-0.3, -0.25) is 9.48 Å². The van der Waals surface area contributed by atoms with Crippen LogP contribution in [-0.2, 0) is 7.05 Å².